The molecule has 1 N–H and O–H groups in total. The van der Waals surface area contributed by atoms with Crippen LogP contribution < -0.4 is 5.32 Å². The van der Waals surface area contributed by atoms with Crippen molar-refractivity contribution in [2.45, 2.75) is 37.5 Å². The van der Waals surface area contributed by atoms with Crippen molar-refractivity contribution in [3.8, 4) is 0 Å². The van der Waals surface area contributed by atoms with E-state index >= 15 is 0 Å². The molecule has 1 aliphatic heterocycles. The summed E-state index contributed by atoms with van der Waals surface area (Å²) in [5, 5.41) is 4.01. The normalized spacial score (nSPS) is 17.5. The second kappa shape index (κ2) is 10.3. The number of benzene rings is 2. The molecule has 0 aliphatic carbocycles. The van der Waals surface area contributed by atoms with Crippen LogP contribution >= 0.6 is 11.3 Å². The molecule has 0 saturated carbocycles. The lowest BCUT2D eigenvalue weighted by Gasteiger charge is -2.31. The van der Waals surface area contributed by atoms with Crippen LogP contribution in [0.25, 0.3) is 10.2 Å². The first-order valence-corrected chi connectivity index (χ1v) is 13.6. The molecule has 4 rings (SSSR count). The Kier molecular flexibility index (Phi) is 7.43. The molecular weight excluding hydrogens is 456 g/mol. The molecule has 3 aromatic rings. The highest BCUT2D eigenvalue weighted by Gasteiger charge is 2.26. The lowest BCUT2D eigenvalue weighted by Crippen LogP contribution is -2.39. The fourth-order valence-corrected chi connectivity index (χ4v) is 6.91. The first-order valence-electron chi connectivity index (χ1n) is 11.4. The van der Waals surface area contributed by atoms with Gasteiger partial charge in [-0.2, -0.15) is 4.31 Å². The Morgan fingerprint density at radius 1 is 1.18 bits per heavy atom. The lowest BCUT2D eigenvalue weighted by atomic mass is 9.99. The Balaban J connectivity index is 1.39. The molecule has 9 heteroatoms. The summed E-state index contributed by atoms with van der Waals surface area (Å²) in [7, 11) is -3.57. The van der Waals surface area contributed by atoms with Crippen molar-refractivity contribution < 1.29 is 13.2 Å². The van der Waals surface area contributed by atoms with E-state index in [2.05, 4.69) is 16.3 Å². The number of likely N-dealkylation sites (tertiary alicyclic amines) is 1. The highest BCUT2D eigenvalue weighted by Crippen LogP contribution is 2.32. The minimum Gasteiger partial charge on any atom is -0.325 e. The number of sulfonamides is 1. The topological polar surface area (TPSA) is 82.6 Å². The number of para-hydroxylation sites is 1. The standard InChI is InChI=1S/C24H30N4O3S2/c1-3-28(4-2)33(30,31)20-11-7-10-19(15-20)25-23(29)17-27-14-8-9-18(16-27)24-26-21-12-5-6-13-22(21)32-24/h5-7,10-13,15,18H,3-4,8-9,14,16-17H2,1-2H3,(H,25,29). The molecule has 0 radical (unpaired) electrons. The molecule has 1 saturated heterocycles. The van der Waals surface area contributed by atoms with Crippen LogP contribution in [0.5, 0.6) is 0 Å². The number of rotatable bonds is 8. The number of hydrogen-bond acceptors (Lipinski definition) is 6. The summed E-state index contributed by atoms with van der Waals surface area (Å²) < 4.78 is 28.2. The highest BCUT2D eigenvalue weighted by molar-refractivity contribution is 7.89. The molecule has 176 valence electrons. The van der Waals surface area contributed by atoms with E-state index in [-0.39, 0.29) is 17.3 Å². The summed E-state index contributed by atoms with van der Waals surface area (Å²) >= 11 is 1.74. The van der Waals surface area contributed by atoms with E-state index in [0.29, 0.717) is 24.7 Å². The van der Waals surface area contributed by atoms with E-state index in [4.69, 9.17) is 4.98 Å². The van der Waals surface area contributed by atoms with Crippen molar-refractivity contribution in [2.75, 3.05) is 38.0 Å². The van der Waals surface area contributed by atoms with Gasteiger partial charge in [0.1, 0.15) is 0 Å². The number of aromatic nitrogens is 1. The fraction of sp³-hybridized carbons (Fsp3) is 0.417. The average molecular weight is 487 g/mol. The summed E-state index contributed by atoms with van der Waals surface area (Å²) in [5.41, 5.74) is 1.53. The van der Waals surface area contributed by atoms with E-state index in [0.717, 1.165) is 36.5 Å². The number of amides is 1. The van der Waals surface area contributed by atoms with Crippen molar-refractivity contribution in [1.29, 1.82) is 0 Å². The van der Waals surface area contributed by atoms with Crippen LogP contribution in [-0.2, 0) is 14.8 Å². The van der Waals surface area contributed by atoms with Crippen molar-refractivity contribution >= 4 is 43.2 Å². The second-order valence-corrected chi connectivity index (χ2v) is 11.3. The Hall–Kier alpha value is -2.33. The van der Waals surface area contributed by atoms with E-state index < -0.39 is 10.0 Å². The quantitative estimate of drug-likeness (QED) is 0.517. The number of thiazole rings is 1. The smallest absolute Gasteiger partial charge is 0.243 e. The van der Waals surface area contributed by atoms with Gasteiger partial charge in [0.05, 0.1) is 26.7 Å². The van der Waals surface area contributed by atoms with Gasteiger partial charge in [-0.15, -0.1) is 11.3 Å². The predicted molar refractivity (Wildman–Crippen MR) is 133 cm³/mol. The molecule has 2 heterocycles. The summed E-state index contributed by atoms with van der Waals surface area (Å²) in [5.74, 6) is 0.184. The van der Waals surface area contributed by atoms with Gasteiger partial charge in [0.25, 0.3) is 0 Å². The lowest BCUT2D eigenvalue weighted by molar-refractivity contribution is -0.117. The van der Waals surface area contributed by atoms with Crippen molar-refractivity contribution in [1.82, 2.24) is 14.2 Å². The number of hydrogen-bond donors (Lipinski definition) is 1. The number of carbonyl (C=O) groups excluding carboxylic acids is 1. The van der Waals surface area contributed by atoms with Gasteiger partial charge in [-0.1, -0.05) is 32.0 Å². The van der Waals surface area contributed by atoms with Crippen LogP contribution in [0.3, 0.4) is 0 Å². The third-order valence-corrected chi connectivity index (χ3v) is 9.24. The van der Waals surface area contributed by atoms with Crippen LogP contribution in [0.15, 0.2) is 53.4 Å². The first-order chi connectivity index (χ1) is 15.9. The zero-order chi connectivity index (χ0) is 23.4. The summed E-state index contributed by atoms with van der Waals surface area (Å²) in [6, 6.07) is 14.7. The largest absolute Gasteiger partial charge is 0.325 e. The molecule has 1 fully saturated rings. The number of nitrogens with one attached hydrogen (secondary N) is 1. The van der Waals surface area contributed by atoms with E-state index in [1.165, 1.54) is 15.1 Å². The molecule has 1 atom stereocenters. The van der Waals surface area contributed by atoms with Gasteiger partial charge >= 0.3 is 0 Å². The van der Waals surface area contributed by atoms with Gasteiger partial charge < -0.3 is 5.32 Å². The molecule has 33 heavy (non-hydrogen) atoms. The number of fused-ring (bicyclic) bond motifs is 1. The molecule has 0 spiro atoms. The molecular formula is C24H30N4O3S2. The van der Waals surface area contributed by atoms with Crippen LogP contribution in [-0.4, -0.2) is 61.2 Å². The van der Waals surface area contributed by atoms with Crippen molar-refractivity contribution in [3.63, 3.8) is 0 Å². The SMILES string of the molecule is CCN(CC)S(=O)(=O)c1cccc(NC(=O)CN2CCCC(c3nc4ccccc4s3)C2)c1. The molecule has 2 aromatic carbocycles. The molecule has 7 nitrogen and oxygen atoms in total. The predicted octanol–water partition coefficient (Wildman–Crippen LogP) is 4.14. The third kappa shape index (κ3) is 5.43. The molecule has 1 amide bonds. The van der Waals surface area contributed by atoms with Crippen molar-refractivity contribution in [3.05, 3.63) is 53.5 Å². The van der Waals surface area contributed by atoms with E-state index in [9.17, 15) is 13.2 Å². The first kappa shape index (κ1) is 23.8. The number of nitrogens with zero attached hydrogens (tertiary/aromatic N) is 3. The van der Waals surface area contributed by atoms with E-state index in [1.807, 2.05) is 32.0 Å². The van der Waals surface area contributed by atoms with Gasteiger partial charge in [0.2, 0.25) is 15.9 Å². The van der Waals surface area contributed by atoms with Gasteiger partial charge in [-0.25, -0.2) is 13.4 Å². The fourth-order valence-electron chi connectivity index (χ4n) is 4.32. The zero-order valence-electron chi connectivity index (χ0n) is 19.0. The van der Waals surface area contributed by atoms with Crippen LogP contribution in [0, 0.1) is 0 Å². The van der Waals surface area contributed by atoms with Crippen LogP contribution in [0.4, 0.5) is 5.69 Å². The Morgan fingerprint density at radius 2 is 1.97 bits per heavy atom. The molecule has 1 unspecified atom stereocenters. The highest BCUT2D eigenvalue weighted by atomic mass is 32.2. The van der Waals surface area contributed by atoms with Gasteiger partial charge in [0.15, 0.2) is 0 Å². The number of anilines is 1. The monoisotopic (exact) mass is 486 g/mol. The van der Waals surface area contributed by atoms with Gasteiger partial charge in [-0.05, 0) is 49.7 Å². The summed E-state index contributed by atoms with van der Waals surface area (Å²) in [4.78, 5) is 19.9. The Bertz CT molecular complexity index is 1190. The Morgan fingerprint density at radius 3 is 2.73 bits per heavy atom. The van der Waals surface area contributed by atoms with Gasteiger partial charge in [-0.3, -0.25) is 9.69 Å². The maximum atomic E-state index is 12.8. The number of piperidine rings is 1. The minimum atomic E-state index is -3.57. The second-order valence-electron chi connectivity index (χ2n) is 8.26. The Labute approximate surface area is 199 Å². The number of carbonyl (C=O) groups is 1. The van der Waals surface area contributed by atoms with Crippen molar-refractivity contribution in [2.24, 2.45) is 0 Å². The van der Waals surface area contributed by atoms with E-state index in [1.54, 1.807) is 29.5 Å². The summed E-state index contributed by atoms with van der Waals surface area (Å²) in [6.45, 7) is 6.36. The van der Waals surface area contributed by atoms with Gasteiger partial charge in [0, 0.05) is 31.2 Å². The zero-order valence-corrected chi connectivity index (χ0v) is 20.7. The molecule has 0 bridgehead atoms. The third-order valence-electron chi connectivity index (χ3n) is 5.99. The van der Waals surface area contributed by atoms with Crippen LogP contribution in [0.2, 0.25) is 0 Å². The van der Waals surface area contributed by atoms with Crippen LogP contribution in [0.1, 0.15) is 37.6 Å². The average Bonchev–Trinajstić information content (AvgIpc) is 3.24. The molecule has 1 aromatic heterocycles. The maximum Gasteiger partial charge on any atom is 0.243 e. The molecule has 1 aliphatic rings. The minimum absolute atomic E-state index is 0.141. The maximum absolute atomic E-state index is 12.8. The summed E-state index contributed by atoms with van der Waals surface area (Å²) in [6.07, 6.45) is 2.09.